The van der Waals surface area contributed by atoms with Crippen LogP contribution in [-0.2, 0) is 0 Å². The van der Waals surface area contributed by atoms with E-state index in [0.29, 0.717) is 0 Å². The van der Waals surface area contributed by atoms with E-state index in [1.165, 1.54) is 11.1 Å². The zero-order valence-corrected chi connectivity index (χ0v) is 14.9. The van der Waals surface area contributed by atoms with E-state index in [4.69, 9.17) is 4.74 Å². The van der Waals surface area contributed by atoms with Crippen molar-refractivity contribution < 1.29 is 4.74 Å². The minimum Gasteiger partial charge on any atom is -0.496 e. The van der Waals surface area contributed by atoms with Gasteiger partial charge in [0.25, 0.3) is 0 Å². The second-order valence-electron chi connectivity index (χ2n) is 4.62. The first-order chi connectivity index (χ1) is 9.56. The van der Waals surface area contributed by atoms with Crippen LogP contribution in [0, 0.1) is 6.92 Å². The number of hydrogen-bond acceptors (Lipinski definition) is 2. The highest BCUT2D eigenvalue weighted by Crippen LogP contribution is 2.32. The summed E-state index contributed by atoms with van der Waals surface area (Å²) in [6, 6.07) is 12.6. The Balaban J connectivity index is 2.46. The van der Waals surface area contributed by atoms with Gasteiger partial charge in [0.1, 0.15) is 5.75 Å². The van der Waals surface area contributed by atoms with Gasteiger partial charge in [-0.3, -0.25) is 0 Å². The molecule has 1 unspecified atom stereocenters. The molecule has 2 nitrogen and oxygen atoms in total. The average molecular weight is 399 g/mol. The van der Waals surface area contributed by atoms with Gasteiger partial charge in [-0.25, -0.2) is 0 Å². The first-order valence-electron chi connectivity index (χ1n) is 6.33. The summed E-state index contributed by atoms with van der Waals surface area (Å²) in [5.74, 6) is 0.914. The number of benzene rings is 2. The fraction of sp³-hybridized carbons (Fsp3) is 0.250. The average Bonchev–Trinajstić information content (AvgIpc) is 2.44. The molecule has 0 saturated carbocycles. The van der Waals surface area contributed by atoms with Gasteiger partial charge in [-0.05, 0) is 54.9 Å². The number of nitrogens with one attached hydrogen (secondary N) is 1. The highest BCUT2D eigenvalue weighted by Gasteiger charge is 2.16. The molecule has 0 amide bonds. The molecule has 0 aliphatic carbocycles. The van der Waals surface area contributed by atoms with Gasteiger partial charge in [0, 0.05) is 8.95 Å². The van der Waals surface area contributed by atoms with Crippen LogP contribution in [0.3, 0.4) is 0 Å². The van der Waals surface area contributed by atoms with Crippen LogP contribution in [0.25, 0.3) is 0 Å². The Morgan fingerprint density at radius 1 is 1.10 bits per heavy atom. The fourth-order valence-corrected chi connectivity index (χ4v) is 3.17. The molecule has 0 aromatic heterocycles. The molecule has 1 atom stereocenters. The topological polar surface area (TPSA) is 21.3 Å². The van der Waals surface area contributed by atoms with Gasteiger partial charge in [0.15, 0.2) is 0 Å². The molecule has 0 aliphatic rings. The van der Waals surface area contributed by atoms with Gasteiger partial charge in [0.2, 0.25) is 0 Å². The molecule has 4 heteroatoms. The minimum atomic E-state index is 0.131. The quantitative estimate of drug-likeness (QED) is 0.795. The van der Waals surface area contributed by atoms with E-state index in [2.05, 4.69) is 68.4 Å². The van der Waals surface area contributed by atoms with Crippen molar-refractivity contribution in [1.29, 1.82) is 0 Å². The van der Waals surface area contributed by atoms with Gasteiger partial charge in [0.05, 0.1) is 13.2 Å². The lowest BCUT2D eigenvalue weighted by Gasteiger charge is -2.20. The molecule has 1 N–H and O–H groups in total. The zero-order valence-electron chi connectivity index (χ0n) is 11.7. The Kier molecular flexibility index (Phi) is 5.24. The number of halogens is 2. The van der Waals surface area contributed by atoms with Crippen LogP contribution in [0.5, 0.6) is 5.75 Å². The summed E-state index contributed by atoms with van der Waals surface area (Å²) in [6.07, 6.45) is 0. The van der Waals surface area contributed by atoms with Gasteiger partial charge >= 0.3 is 0 Å². The van der Waals surface area contributed by atoms with Gasteiger partial charge in [-0.2, -0.15) is 0 Å². The molecule has 2 aromatic rings. The van der Waals surface area contributed by atoms with E-state index >= 15 is 0 Å². The molecule has 0 heterocycles. The first-order valence-corrected chi connectivity index (χ1v) is 7.92. The SMILES string of the molecule is CNC(c1ccc(OC)c(C)c1)c1cc(Br)ccc1Br. The number of aryl methyl sites for hydroxylation is 1. The molecule has 2 rings (SSSR count). The van der Waals surface area contributed by atoms with E-state index < -0.39 is 0 Å². The highest BCUT2D eigenvalue weighted by atomic mass is 79.9. The van der Waals surface area contributed by atoms with Crippen molar-refractivity contribution in [2.75, 3.05) is 14.2 Å². The fourth-order valence-electron chi connectivity index (χ4n) is 2.32. The maximum Gasteiger partial charge on any atom is 0.121 e. The second kappa shape index (κ2) is 6.74. The van der Waals surface area contributed by atoms with Crippen molar-refractivity contribution in [2.45, 2.75) is 13.0 Å². The number of methoxy groups -OCH3 is 1. The number of ether oxygens (including phenoxy) is 1. The minimum absolute atomic E-state index is 0.131. The normalized spacial score (nSPS) is 12.2. The lowest BCUT2D eigenvalue weighted by molar-refractivity contribution is 0.411. The van der Waals surface area contributed by atoms with Crippen molar-refractivity contribution in [3.8, 4) is 5.75 Å². The van der Waals surface area contributed by atoms with Gasteiger partial charge in [-0.1, -0.05) is 44.0 Å². The standard InChI is InChI=1S/C16H17Br2NO/c1-10-8-11(4-7-15(10)20-3)16(19-2)13-9-12(17)5-6-14(13)18/h4-9,16,19H,1-3H3. The van der Waals surface area contributed by atoms with Gasteiger partial charge in [-0.15, -0.1) is 0 Å². The third-order valence-electron chi connectivity index (χ3n) is 3.31. The second-order valence-corrected chi connectivity index (χ2v) is 6.39. The Morgan fingerprint density at radius 2 is 1.85 bits per heavy atom. The molecule has 2 aromatic carbocycles. The van der Waals surface area contributed by atoms with E-state index in [-0.39, 0.29) is 6.04 Å². The van der Waals surface area contributed by atoms with E-state index in [1.807, 2.05) is 19.2 Å². The Bertz CT molecular complexity index is 613. The molecule has 106 valence electrons. The summed E-state index contributed by atoms with van der Waals surface area (Å²) < 4.78 is 7.49. The molecular weight excluding hydrogens is 382 g/mol. The maximum atomic E-state index is 5.32. The predicted molar refractivity (Wildman–Crippen MR) is 90.5 cm³/mol. The number of rotatable bonds is 4. The van der Waals surface area contributed by atoms with Crippen molar-refractivity contribution in [1.82, 2.24) is 5.32 Å². The third-order valence-corrected chi connectivity index (χ3v) is 4.53. The Hall–Kier alpha value is -0.840. The van der Waals surface area contributed by atoms with Crippen molar-refractivity contribution in [2.24, 2.45) is 0 Å². The highest BCUT2D eigenvalue weighted by molar-refractivity contribution is 9.11. The summed E-state index contributed by atoms with van der Waals surface area (Å²) in [4.78, 5) is 0. The van der Waals surface area contributed by atoms with E-state index in [9.17, 15) is 0 Å². The molecule has 0 spiro atoms. The summed E-state index contributed by atoms with van der Waals surface area (Å²) >= 11 is 7.17. The largest absolute Gasteiger partial charge is 0.496 e. The van der Waals surface area contributed by atoms with E-state index in [1.54, 1.807) is 7.11 Å². The van der Waals surface area contributed by atoms with Gasteiger partial charge < -0.3 is 10.1 Å². The Labute approximate surface area is 136 Å². The maximum absolute atomic E-state index is 5.32. The van der Waals surface area contributed by atoms with Crippen LogP contribution in [0.1, 0.15) is 22.7 Å². The zero-order chi connectivity index (χ0) is 14.7. The lowest BCUT2D eigenvalue weighted by Crippen LogP contribution is -2.18. The first kappa shape index (κ1) is 15.5. The Morgan fingerprint density at radius 3 is 2.45 bits per heavy atom. The summed E-state index contributed by atoms with van der Waals surface area (Å²) in [5, 5.41) is 3.38. The molecule has 0 saturated heterocycles. The van der Waals surface area contributed by atoms with Crippen LogP contribution in [0.4, 0.5) is 0 Å². The van der Waals surface area contributed by atoms with Crippen molar-refractivity contribution in [3.63, 3.8) is 0 Å². The smallest absolute Gasteiger partial charge is 0.121 e. The van der Waals surface area contributed by atoms with Crippen molar-refractivity contribution in [3.05, 3.63) is 62.0 Å². The van der Waals surface area contributed by atoms with Crippen LogP contribution >= 0.6 is 31.9 Å². The third kappa shape index (κ3) is 3.25. The summed E-state index contributed by atoms with van der Waals surface area (Å²) in [5.41, 5.74) is 3.55. The molecule has 0 fully saturated rings. The van der Waals surface area contributed by atoms with Crippen LogP contribution < -0.4 is 10.1 Å². The molecule has 20 heavy (non-hydrogen) atoms. The number of hydrogen-bond donors (Lipinski definition) is 1. The monoisotopic (exact) mass is 397 g/mol. The molecular formula is C16H17Br2NO. The van der Waals surface area contributed by atoms with Crippen LogP contribution in [0.2, 0.25) is 0 Å². The summed E-state index contributed by atoms with van der Waals surface area (Å²) in [6.45, 7) is 2.06. The van der Waals surface area contributed by atoms with E-state index in [0.717, 1.165) is 20.3 Å². The molecule has 0 aliphatic heterocycles. The molecule has 0 bridgehead atoms. The predicted octanol–water partition coefficient (Wildman–Crippen LogP) is 4.84. The van der Waals surface area contributed by atoms with Crippen molar-refractivity contribution >= 4 is 31.9 Å². The summed E-state index contributed by atoms with van der Waals surface area (Å²) in [7, 11) is 3.67. The van der Waals surface area contributed by atoms with Crippen LogP contribution in [0.15, 0.2) is 45.3 Å². The molecule has 0 radical (unpaired) electrons. The van der Waals surface area contributed by atoms with Crippen LogP contribution in [-0.4, -0.2) is 14.2 Å². The lowest BCUT2D eigenvalue weighted by atomic mass is 9.97.